The Kier molecular flexibility index (Phi) is 6.31. The summed E-state index contributed by atoms with van der Waals surface area (Å²) in [6.45, 7) is 3.55. The van der Waals surface area contributed by atoms with Crippen LogP contribution in [0.1, 0.15) is 20.3 Å². The molecule has 1 aromatic carbocycles. The highest BCUT2D eigenvalue weighted by molar-refractivity contribution is 6.30. The number of benzene rings is 1. The average Bonchev–Trinajstić information content (AvgIpc) is 2.39. The summed E-state index contributed by atoms with van der Waals surface area (Å²) in [7, 11) is 0. The first kappa shape index (κ1) is 16.3. The van der Waals surface area contributed by atoms with Crippen molar-refractivity contribution in [1.29, 1.82) is 0 Å². The lowest BCUT2D eigenvalue weighted by molar-refractivity contribution is -0.147. The molecule has 0 aliphatic rings. The van der Waals surface area contributed by atoms with Crippen molar-refractivity contribution in [2.45, 2.75) is 26.4 Å². The second-order valence-electron chi connectivity index (χ2n) is 4.37. The van der Waals surface area contributed by atoms with E-state index in [4.69, 9.17) is 21.4 Å². The highest BCUT2D eigenvalue weighted by Gasteiger charge is 2.23. The van der Waals surface area contributed by atoms with E-state index in [0.717, 1.165) is 0 Å². The summed E-state index contributed by atoms with van der Waals surface area (Å²) in [5.74, 6) is -0.864. The number of amides is 1. The van der Waals surface area contributed by atoms with Gasteiger partial charge in [-0.1, -0.05) is 18.5 Å². The van der Waals surface area contributed by atoms with Gasteiger partial charge in [0, 0.05) is 11.6 Å². The average molecular weight is 300 g/mol. The highest BCUT2D eigenvalue weighted by Crippen LogP contribution is 2.17. The fraction of sp³-hybridized carbons (Fsp3) is 0.429. The minimum atomic E-state index is -1.04. The summed E-state index contributed by atoms with van der Waals surface area (Å²) >= 11 is 5.76. The lowest BCUT2D eigenvalue weighted by atomic mass is 10.3. The second-order valence-corrected chi connectivity index (χ2v) is 4.80. The van der Waals surface area contributed by atoms with Gasteiger partial charge in [0.2, 0.25) is 0 Å². The molecule has 0 radical (unpaired) electrons. The van der Waals surface area contributed by atoms with E-state index >= 15 is 0 Å². The van der Waals surface area contributed by atoms with Gasteiger partial charge in [-0.05, 0) is 37.6 Å². The fourth-order valence-corrected chi connectivity index (χ4v) is 1.85. The molecule has 1 rings (SSSR count). The van der Waals surface area contributed by atoms with Gasteiger partial charge in [-0.15, -0.1) is 0 Å². The van der Waals surface area contributed by atoms with Crippen molar-refractivity contribution in [3.63, 3.8) is 0 Å². The molecule has 1 atom stereocenters. The number of carbonyl (C=O) groups excluding carboxylic acids is 1. The van der Waals surface area contributed by atoms with Crippen LogP contribution in [0.25, 0.3) is 0 Å². The predicted octanol–water partition coefficient (Wildman–Crippen LogP) is 2.43. The van der Waals surface area contributed by atoms with Crippen LogP contribution in [0.15, 0.2) is 24.3 Å². The summed E-state index contributed by atoms with van der Waals surface area (Å²) in [6, 6.07) is 6.64. The topological polar surface area (TPSA) is 66.8 Å². The van der Waals surface area contributed by atoms with Gasteiger partial charge >= 0.3 is 5.97 Å². The van der Waals surface area contributed by atoms with E-state index in [0.29, 0.717) is 23.7 Å². The number of rotatable bonds is 7. The Morgan fingerprint density at radius 3 is 2.45 bits per heavy atom. The van der Waals surface area contributed by atoms with E-state index in [1.165, 1.54) is 4.90 Å². The van der Waals surface area contributed by atoms with E-state index in [9.17, 15) is 9.59 Å². The third-order valence-electron chi connectivity index (χ3n) is 2.61. The van der Waals surface area contributed by atoms with Gasteiger partial charge in [0.05, 0.1) is 0 Å². The molecule has 0 fully saturated rings. The van der Waals surface area contributed by atoms with Gasteiger partial charge in [0.15, 0.2) is 6.10 Å². The molecule has 1 N–H and O–H groups in total. The zero-order chi connectivity index (χ0) is 15.1. The standard InChI is InChI=1S/C14H18ClNO4/c1-3-8-16(9-13(17)18)14(19)10(2)20-12-6-4-11(15)5-7-12/h4-7,10H,3,8-9H2,1-2H3,(H,17,18). The first-order valence-corrected chi connectivity index (χ1v) is 6.74. The number of hydrogen-bond donors (Lipinski definition) is 1. The predicted molar refractivity (Wildman–Crippen MR) is 76.0 cm³/mol. The van der Waals surface area contributed by atoms with Crippen LogP contribution in [-0.2, 0) is 9.59 Å². The molecule has 1 amide bonds. The molecule has 0 heterocycles. The van der Waals surface area contributed by atoms with Gasteiger partial charge in [0.1, 0.15) is 12.3 Å². The molecule has 0 aliphatic heterocycles. The maximum Gasteiger partial charge on any atom is 0.323 e. The van der Waals surface area contributed by atoms with Gasteiger partial charge in [0.25, 0.3) is 5.91 Å². The molecule has 0 spiro atoms. The van der Waals surface area contributed by atoms with Crippen molar-refractivity contribution < 1.29 is 19.4 Å². The molecule has 0 aliphatic carbocycles. The van der Waals surface area contributed by atoms with Crippen molar-refractivity contribution >= 4 is 23.5 Å². The number of carbonyl (C=O) groups is 2. The molecule has 1 aromatic rings. The Bertz CT molecular complexity index is 461. The second kappa shape index (κ2) is 7.75. The van der Waals surface area contributed by atoms with Gasteiger partial charge < -0.3 is 14.7 Å². The maximum absolute atomic E-state index is 12.2. The number of aliphatic carboxylic acids is 1. The Hall–Kier alpha value is -1.75. The van der Waals surface area contributed by atoms with Crippen LogP contribution in [0.2, 0.25) is 5.02 Å². The number of carboxylic acids is 1. The van der Waals surface area contributed by atoms with Crippen LogP contribution in [0.4, 0.5) is 0 Å². The largest absolute Gasteiger partial charge is 0.481 e. The third kappa shape index (κ3) is 5.09. The van der Waals surface area contributed by atoms with E-state index in [-0.39, 0.29) is 12.5 Å². The lowest BCUT2D eigenvalue weighted by Crippen LogP contribution is -2.43. The minimum Gasteiger partial charge on any atom is -0.481 e. The minimum absolute atomic E-state index is 0.318. The van der Waals surface area contributed by atoms with Gasteiger partial charge in [-0.25, -0.2) is 0 Å². The van der Waals surface area contributed by atoms with E-state index in [1.54, 1.807) is 31.2 Å². The quantitative estimate of drug-likeness (QED) is 0.839. The zero-order valence-electron chi connectivity index (χ0n) is 11.5. The van der Waals surface area contributed by atoms with Crippen LogP contribution in [-0.4, -0.2) is 41.1 Å². The Labute approximate surface area is 123 Å². The zero-order valence-corrected chi connectivity index (χ0v) is 12.3. The molecule has 5 nitrogen and oxygen atoms in total. The molecular weight excluding hydrogens is 282 g/mol. The Morgan fingerprint density at radius 2 is 1.95 bits per heavy atom. The van der Waals surface area contributed by atoms with Crippen LogP contribution >= 0.6 is 11.6 Å². The summed E-state index contributed by atoms with van der Waals surface area (Å²) in [5.41, 5.74) is 0. The van der Waals surface area contributed by atoms with Crippen LogP contribution in [0.3, 0.4) is 0 Å². The monoisotopic (exact) mass is 299 g/mol. The van der Waals surface area contributed by atoms with Crippen LogP contribution in [0, 0.1) is 0 Å². The lowest BCUT2D eigenvalue weighted by Gasteiger charge is -2.24. The maximum atomic E-state index is 12.2. The van der Waals surface area contributed by atoms with Crippen molar-refractivity contribution in [1.82, 2.24) is 4.90 Å². The molecule has 1 unspecified atom stereocenters. The van der Waals surface area contributed by atoms with E-state index in [1.807, 2.05) is 6.92 Å². The molecular formula is C14H18ClNO4. The van der Waals surface area contributed by atoms with Crippen LogP contribution in [0.5, 0.6) is 5.75 Å². The number of halogens is 1. The van der Waals surface area contributed by atoms with E-state index in [2.05, 4.69) is 0 Å². The normalized spacial score (nSPS) is 11.8. The summed E-state index contributed by atoms with van der Waals surface area (Å²) in [6.07, 6.45) is -0.0609. The molecule has 0 bridgehead atoms. The number of hydrogen-bond acceptors (Lipinski definition) is 3. The van der Waals surface area contributed by atoms with Crippen molar-refractivity contribution in [2.75, 3.05) is 13.1 Å². The Morgan fingerprint density at radius 1 is 1.35 bits per heavy atom. The van der Waals surface area contributed by atoms with Crippen LogP contribution < -0.4 is 4.74 Å². The first-order valence-electron chi connectivity index (χ1n) is 6.36. The Balaban J connectivity index is 2.67. The molecule has 0 aromatic heterocycles. The van der Waals surface area contributed by atoms with E-state index < -0.39 is 12.1 Å². The van der Waals surface area contributed by atoms with Gasteiger partial charge in [-0.3, -0.25) is 9.59 Å². The van der Waals surface area contributed by atoms with Crippen molar-refractivity contribution in [3.05, 3.63) is 29.3 Å². The number of nitrogens with zero attached hydrogens (tertiary/aromatic N) is 1. The summed E-state index contributed by atoms with van der Waals surface area (Å²) in [5, 5.41) is 9.39. The number of carboxylic acid groups (broad SMARTS) is 1. The van der Waals surface area contributed by atoms with Crippen molar-refractivity contribution in [3.8, 4) is 5.75 Å². The third-order valence-corrected chi connectivity index (χ3v) is 2.86. The SMILES string of the molecule is CCCN(CC(=O)O)C(=O)C(C)Oc1ccc(Cl)cc1. The fourth-order valence-electron chi connectivity index (χ4n) is 1.73. The highest BCUT2D eigenvalue weighted by atomic mass is 35.5. The molecule has 0 saturated carbocycles. The molecule has 20 heavy (non-hydrogen) atoms. The molecule has 110 valence electrons. The number of ether oxygens (including phenoxy) is 1. The first-order chi connectivity index (χ1) is 9.43. The van der Waals surface area contributed by atoms with Crippen molar-refractivity contribution in [2.24, 2.45) is 0 Å². The molecule has 6 heteroatoms. The smallest absolute Gasteiger partial charge is 0.323 e. The van der Waals surface area contributed by atoms with Gasteiger partial charge in [-0.2, -0.15) is 0 Å². The summed E-state index contributed by atoms with van der Waals surface area (Å²) < 4.78 is 5.50. The molecule has 0 saturated heterocycles. The summed E-state index contributed by atoms with van der Waals surface area (Å²) in [4.78, 5) is 24.2.